The predicted octanol–water partition coefficient (Wildman–Crippen LogP) is 4.26. The Bertz CT molecular complexity index is 659. The largest absolute Gasteiger partial charge is 0.497 e. The van der Waals surface area contributed by atoms with Crippen LogP contribution in [0, 0.1) is 0 Å². The van der Waals surface area contributed by atoms with Gasteiger partial charge in [0, 0.05) is 12.1 Å². The average Bonchev–Trinajstić information content (AvgIpc) is 2.60. The second-order valence-corrected chi connectivity index (χ2v) is 6.42. The number of ketones is 1. The highest BCUT2D eigenvalue weighted by Gasteiger charge is 2.10. The molecule has 0 fully saturated rings. The van der Waals surface area contributed by atoms with Crippen molar-refractivity contribution in [2.75, 3.05) is 27.4 Å². The third kappa shape index (κ3) is 5.14. The Morgan fingerprint density at radius 3 is 1.62 bits per heavy atom. The first-order valence-electron chi connectivity index (χ1n) is 6.98. The zero-order valence-electron chi connectivity index (χ0n) is 13.2. The van der Waals surface area contributed by atoms with E-state index in [2.05, 4.69) is 31.9 Å². The lowest BCUT2D eigenvalue weighted by molar-refractivity contribution is -0.123. The number of carbonyl (C=O) groups is 1. The summed E-state index contributed by atoms with van der Waals surface area (Å²) in [5.74, 6) is 2.17. The average molecular weight is 460 g/mol. The van der Waals surface area contributed by atoms with Crippen LogP contribution in [0.15, 0.2) is 45.3 Å². The summed E-state index contributed by atoms with van der Waals surface area (Å²) in [6, 6.07) is 10.6. The van der Waals surface area contributed by atoms with Gasteiger partial charge in [-0.3, -0.25) is 4.79 Å². The summed E-state index contributed by atoms with van der Waals surface area (Å²) in [6.07, 6.45) is 0. The van der Waals surface area contributed by atoms with E-state index in [1.54, 1.807) is 50.6 Å². The fourth-order valence-electron chi connectivity index (χ4n) is 1.80. The van der Waals surface area contributed by atoms with E-state index in [0.29, 0.717) is 23.0 Å². The van der Waals surface area contributed by atoms with Crippen LogP contribution in [0.25, 0.3) is 0 Å². The molecule has 2 aromatic rings. The van der Waals surface area contributed by atoms with Gasteiger partial charge < -0.3 is 18.9 Å². The summed E-state index contributed by atoms with van der Waals surface area (Å²) in [6.45, 7) is -0.208. The molecule has 0 spiro atoms. The van der Waals surface area contributed by atoms with Gasteiger partial charge in [-0.05, 0) is 56.1 Å². The Morgan fingerprint density at radius 1 is 0.833 bits per heavy atom. The van der Waals surface area contributed by atoms with Gasteiger partial charge in [-0.1, -0.05) is 0 Å². The molecule has 0 heterocycles. The van der Waals surface area contributed by atoms with E-state index in [1.807, 2.05) is 0 Å². The minimum Gasteiger partial charge on any atom is -0.497 e. The van der Waals surface area contributed by atoms with Crippen LogP contribution in [0.2, 0.25) is 0 Å². The molecule has 0 aliphatic heterocycles. The monoisotopic (exact) mass is 458 g/mol. The number of benzene rings is 2. The predicted molar refractivity (Wildman–Crippen MR) is 97.4 cm³/mol. The number of Topliss-reactive ketones (excluding diaryl/α,β-unsaturated/α-hetero) is 1. The summed E-state index contributed by atoms with van der Waals surface area (Å²) in [4.78, 5) is 12.0. The molecule has 0 N–H and O–H groups in total. The smallest absolute Gasteiger partial charge is 0.207 e. The van der Waals surface area contributed by atoms with E-state index in [-0.39, 0.29) is 19.0 Å². The molecular weight excluding hydrogens is 444 g/mol. The van der Waals surface area contributed by atoms with Crippen molar-refractivity contribution in [3.63, 3.8) is 0 Å². The molecule has 2 rings (SSSR count). The first kappa shape index (κ1) is 18.6. The van der Waals surface area contributed by atoms with Crippen LogP contribution in [-0.4, -0.2) is 33.2 Å². The Hall–Kier alpha value is -1.73. The highest BCUT2D eigenvalue weighted by atomic mass is 79.9. The fourth-order valence-corrected chi connectivity index (χ4v) is 2.52. The quantitative estimate of drug-likeness (QED) is 0.590. The maximum atomic E-state index is 12.0. The molecule has 0 aliphatic rings. The lowest BCUT2D eigenvalue weighted by atomic mass is 10.3. The first-order valence-corrected chi connectivity index (χ1v) is 8.56. The maximum absolute atomic E-state index is 12.0. The molecular formula is C17H16Br2O5. The van der Waals surface area contributed by atoms with E-state index in [0.717, 1.165) is 8.95 Å². The summed E-state index contributed by atoms with van der Waals surface area (Å²) in [7, 11) is 3.13. The standard InChI is InChI=1S/C17H16Br2O5/c1-21-12-3-5-14(18)16(7-12)23-9-11(20)10-24-17-8-13(22-2)4-6-15(17)19/h3-8H,9-10H2,1-2H3. The van der Waals surface area contributed by atoms with Crippen LogP contribution >= 0.6 is 31.9 Å². The third-order valence-corrected chi connectivity index (χ3v) is 4.36. The number of rotatable bonds is 8. The highest BCUT2D eigenvalue weighted by molar-refractivity contribution is 9.10. The molecule has 0 saturated heterocycles. The Kier molecular flexibility index (Phi) is 6.93. The summed E-state index contributed by atoms with van der Waals surface area (Å²) < 4.78 is 22.8. The zero-order chi connectivity index (χ0) is 17.5. The molecule has 0 saturated carbocycles. The molecule has 0 bridgehead atoms. The molecule has 0 unspecified atom stereocenters. The van der Waals surface area contributed by atoms with E-state index in [9.17, 15) is 4.79 Å². The second kappa shape index (κ2) is 8.94. The highest BCUT2D eigenvalue weighted by Crippen LogP contribution is 2.30. The lowest BCUT2D eigenvalue weighted by Gasteiger charge is -2.11. The molecule has 0 atom stereocenters. The van der Waals surface area contributed by atoms with E-state index in [1.165, 1.54) is 0 Å². The van der Waals surface area contributed by atoms with Crippen molar-refractivity contribution in [1.82, 2.24) is 0 Å². The van der Waals surface area contributed by atoms with Gasteiger partial charge in [0.15, 0.2) is 13.2 Å². The second-order valence-electron chi connectivity index (χ2n) is 4.71. The van der Waals surface area contributed by atoms with Crippen LogP contribution in [0.5, 0.6) is 23.0 Å². The van der Waals surface area contributed by atoms with Gasteiger partial charge in [-0.25, -0.2) is 0 Å². The van der Waals surface area contributed by atoms with Gasteiger partial charge in [0.2, 0.25) is 5.78 Å². The van der Waals surface area contributed by atoms with Crippen LogP contribution in [0.1, 0.15) is 0 Å². The van der Waals surface area contributed by atoms with Crippen molar-refractivity contribution in [3.05, 3.63) is 45.3 Å². The van der Waals surface area contributed by atoms with Crippen molar-refractivity contribution in [1.29, 1.82) is 0 Å². The molecule has 0 aromatic heterocycles. The van der Waals surface area contributed by atoms with Crippen molar-refractivity contribution < 1.29 is 23.7 Å². The van der Waals surface area contributed by atoms with Crippen molar-refractivity contribution in [2.45, 2.75) is 0 Å². The molecule has 0 aliphatic carbocycles. The number of ether oxygens (including phenoxy) is 4. The number of hydrogen-bond acceptors (Lipinski definition) is 5. The third-order valence-electron chi connectivity index (χ3n) is 3.05. The Labute approximate surface area is 157 Å². The van der Waals surface area contributed by atoms with Crippen LogP contribution < -0.4 is 18.9 Å². The van der Waals surface area contributed by atoms with Gasteiger partial charge in [0.1, 0.15) is 23.0 Å². The fraction of sp³-hybridized carbons (Fsp3) is 0.235. The maximum Gasteiger partial charge on any atom is 0.207 e. The van der Waals surface area contributed by atoms with Crippen LogP contribution in [0.3, 0.4) is 0 Å². The van der Waals surface area contributed by atoms with Crippen molar-refractivity contribution >= 4 is 37.6 Å². The molecule has 7 heteroatoms. The summed E-state index contributed by atoms with van der Waals surface area (Å²) in [5.41, 5.74) is 0. The minimum absolute atomic E-state index is 0.104. The number of methoxy groups -OCH3 is 2. The summed E-state index contributed by atoms with van der Waals surface area (Å²) in [5, 5.41) is 0. The van der Waals surface area contributed by atoms with Crippen LogP contribution in [0.4, 0.5) is 0 Å². The van der Waals surface area contributed by atoms with Gasteiger partial charge in [-0.15, -0.1) is 0 Å². The molecule has 24 heavy (non-hydrogen) atoms. The van der Waals surface area contributed by atoms with E-state index >= 15 is 0 Å². The van der Waals surface area contributed by atoms with E-state index in [4.69, 9.17) is 18.9 Å². The normalized spacial score (nSPS) is 10.2. The lowest BCUT2D eigenvalue weighted by Crippen LogP contribution is -2.19. The van der Waals surface area contributed by atoms with E-state index < -0.39 is 0 Å². The van der Waals surface area contributed by atoms with Gasteiger partial charge in [0.05, 0.1) is 23.2 Å². The van der Waals surface area contributed by atoms with Crippen molar-refractivity contribution in [3.8, 4) is 23.0 Å². The molecule has 5 nitrogen and oxygen atoms in total. The van der Waals surface area contributed by atoms with Gasteiger partial charge in [-0.2, -0.15) is 0 Å². The number of halogens is 2. The minimum atomic E-state index is -0.195. The molecule has 128 valence electrons. The van der Waals surface area contributed by atoms with Crippen LogP contribution in [-0.2, 0) is 4.79 Å². The Balaban J connectivity index is 1.90. The molecule has 0 radical (unpaired) electrons. The topological polar surface area (TPSA) is 54.0 Å². The number of carbonyl (C=O) groups excluding carboxylic acids is 1. The zero-order valence-corrected chi connectivity index (χ0v) is 16.3. The first-order chi connectivity index (χ1) is 11.5. The van der Waals surface area contributed by atoms with Gasteiger partial charge in [0.25, 0.3) is 0 Å². The molecule has 0 amide bonds. The Morgan fingerprint density at radius 2 is 1.25 bits per heavy atom. The van der Waals surface area contributed by atoms with Gasteiger partial charge >= 0.3 is 0 Å². The van der Waals surface area contributed by atoms with Crippen molar-refractivity contribution in [2.24, 2.45) is 0 Å². The SMILES string of the molecule is COc1ccc(Br)c(OCC(=O)COc2cc(OC)ccc2Br)c1. The molecule has 2 aromatic carbocycles. The summed E-state index contributed by atoms with van der Waals surface area (Å²) >= 11 is 6.74. The number of hydrogen-bond donors (Lipinski definition) is 0.